The second-order valence-electron chi connectivity index (χ2n) is 7.92. The minimum Gasteiger partial charge on any atom is -0.460 e. The van der Waals surface area contributed by atoms with Crippen molar-refractivity contribution in [1.29, 1.82) is 0 Å². The van der Waals surface area contributed by atoms with Crippen LogP contribution in [0.15, 0.2) is 0 Å². The summed E-state index contributed by atoms with van der Waals surface area (Å²) in [5, 5.41) is 14.7. The normalized spacial score (nSPS) is 13.4. The predicted molar refractivity (Wildman–Crippen MR) is 121 cm³/mol. The van der Waals surface area contributed by atoms with Gasteiger partial charge in [-0.2, -0.15) is 12.6 Å². The van der Waals surface area contributed by atoms with Gasteiger partial charge in [-0.05, 0) is 25.7 Å². The lowest BCUT2D eigenvalue weighted by Gasteiger charge is -2.21. The van der Waals surface area contributed by atoms with E-state index in [4.69, 9.17) is 19.3 Å². The minimum atomic E-state index is -0.741. The fourth-order valence-corrected chi connectivity index (χ4v) is 2.52. The number of rotatable bonds is 18. The highest BCUT2D eigenvalue weighted by Crippen LogP contribution is 2.18. The number of ether oxygens (including phenoxy) is 3. The Kier molecular flexibility index (Phi) is 16.5. The monoisotopic (exact) mass is 464 g/mol. The highest BCUT2D eigenvalue weighted by Gasteiger charge is 2.17. The van der Waals surface area contributed by atoms with Crippen LogP contribution in [0.5, 0.6) is 0 Å². The van der Waals surface area contributed by atoms with E-state index in [2.05, 4.69) is 23.3 Å². The Labute approximate surface area is 191 Å². The second kappa shape index (κ2) is 17.2. The molecule has 2 atom stereocenters. The molecule has 2 unspecified atom stereocenters. The number of carbonyl (C=O) groups excluding carboxylic acids is 3. The van der Waals surface area contributed by atoms with Crippen LogP contribution in [0.2, 0.25) is 0 Å². The first-order chi connectivity index (χ1) is 14.6. The average Bonchev–Trinajstić information content (AvgIpc) is 2.71. The van der Waals surface area contributed by atoms with E-state index in [1.54, 1.807) is 0 Å². The van der Waals surface area contributed by atoms with Crippen LogP contribution in [0.4, 0.5) is 0 Å². The third-order valence-corrected chi connectivity index (χ3v) is 4.62. The standard InChI is InChI=1S/C21H40N2O7S/c1-5-16(14-24)30-20(28-4)15-29-19(27)9-6-8-17(25)22-12-7-13-23-18(26)10-11-21(2,3)31/h16,20,24,31H,5-15H2,1-4H3,(H,22,25)(H,23,26). The first-order valence-corrected chi connectivity index (χ1v) is 11.3. The molecule has 0 aromatic carbocycles. The van der Waals surface area contributed by atoms with E-state index in [1.165, 1.54) is 7.11 Å². The maximum atomic E-state index is 11.8. The fourth-order valence-electron chi connectivity index (χ4n) is 2.41. The summed E-state index contributed by atoms with van der Waals surface area (Å²) in [4.78, 5) is 35.3. The number of aliphatic hydroxyl groups is 1. The van der Waals surface area contributed by atoms with Crippen LogP contribution < -0.4 is 10.6 Å². The van der Waals surface area contributed by atoms with Crippen molar-refractivity contribution in [3.63, 3.8) is 0 Å². The molecule has 10 heteroatoms. The number of hydrogen-bond acceptors (Lipinski definition) is 8. The number of carbonyl (C=O) groups is 3. The summed E-state index contributed by atoms with van der Waals surface area (Å²) in [5.74, 6) is -0.611. The molecule has 0 rings (SSSR count). The van der Waals surface area contributed by atoms with Crippen LogP contribution in [-0.4, -0.2) is 73.4 Å². The molecule has 9 nitrogen and oxygen atoms in total. The Bertz CT molecular complexity index is 522. The molecule has 0 aliphatic rings. The van der Waals surface area contributed by atoms with Gasteiger partial charge in [-0.25, -0.2) is 0 Å². The van der Waals surface area contributed by atoms with E-state index in [1.807, 2.05) is 20.8 Å². The van der Waals surface area contributed by atoms with Gasteiger partial charge in [0.05, 0.1) is 12.7 Å². The number of nitrogens with one attached hydrogen (secondary N) is 2. The van der Waals surface area contributed by atoms with Crippen LogP contribution in [0.1, 0.15) is 65.7 Å². The van der Waals surface area contributed by atoms with Gasteiger partial charge in [0.15, 0.2) is 6.29 Å². The summed E-state index contributed by atoms with van der Waals surface area (Å²) in [7, 11) is 1.43. The SMILES string of the molecule is CCC(CO)OC(COC(=O)CCCC(=O)NCCCNC(=O)CCC(C)(C)S)OC. The quantitative estimate of drug-likeness (QED) is 0.105. The molecular weight excluding hydrogens is 424 g/mol. The van der Waals surface area contributed by atoms with Crippen LogP contribution in [-0.2, 0) is 28.6 Å². The van der Waals surface area contributed by atoms with E-state index in [0.29, 0.717) is 45.2 Å². The van der Waals surface area contributed by atoms with Crippen LogP contribution in [0.3, 0.4) is 0 Å². The summed E-state index contributed by atoms with van der Waals surface area (Å²) in [5.41, 5.74) is 0. The molecule has 0 aromatic rings. The number of methoxy groups -OCH3 is 1. The number of aliphatic hydroxyl groups excluding tert-OH is 1. The van der Waals surface area contributed by atoms with Crippen molar-refractivity contribution in [2.45, 2.75) is 82.9 Å². The van der Waals surface area contributed by atoms with Crippen molar-refractivity contribution in [3.05, 3.63) is 0 Å². The zero-order chi connectivity index (χ0) is 23.7. The van der Waals surface area contributed by atoms with Crippen molar-refractivity contribution in [2.75, 3.05) is 33.4 Å². The highest BCUT2D eigenvalue weighted by atomic mass is 32.1. The number of amides is 2. The summed E-state index contributed by atoms with van der Waals surface area (Å²) in [6.45, 7) is 6.53. The lowest BCUT2D eigenvalue weighted by atomic mass is 10.1. The molecule has 0 spiro atoms. The molecule has 3 N–H and O–H groups in total. The molecule has 0 fully saturated rings. The molecule has 0 saturated heterocycles. The van der Waals surface area contributed by atoms with E-state index in [9.17, 15) is 14.4 Å². The topological polar surface area (TPSA) is 123 Å². The van der Waals surface area contributed by atoms with Gasteiger partial charge in [0, 0.05) is 44.2 Å². The summed E-state index contributed by atoms with van der Waals surface area (Å²) in [6, 6.07) is 0. The molecule has 0 bridgehead atoms. The minimum absolute atomic E-state index is 0.0188. The van der Waals surface area contributed by atoms with Crippen molar-refractivity contribution in [1.82, 2.24) is 10.6 Å². The Hall–Kier alpha value is -1.36. The first-order valence-electron chi connectivity index (χ1n) is 10.8. The van der Waals surface area contributed by atoms with Gasteiger partial charge in [-0.15, -0.1) is 0 Å². The molecule has 2 amide bonds. The molecule has 0 aromatic heterocycles. The zero-order valence-corrected chi connectivity index (χ0v) is 20.2. The molecule has 0 aliphatic heterocycles. The van der Waals surface area contributed by atoms with Crippen molar-refractivity contribution in [3.8, 4) is 0 Å². The van der Waals surface area contributed by atoms with E-state index < -0.39 is 12.3 Å². The Morgan fingerprint density at radius 2 is 1.65 bits per heavy atom. The highest BCUT2D eigenvalue weighted by molar-refractivity contribution is 7.81. The van der Waals surface area contributed by atoms with Crippen LogP contribution in [0, 0.1) is 0 Å². The maximum Gasteiger partial charge on any atom is 0.305 e. The van der Waals surface area contributed by atoms with Crippen molar-refractivity contribution < 1.29 is 33.7 Å². The van der Waals surface area contributed by atoms with Gasteiger partial charge < -0.3 is 30.0 Å². The molecular formula is C21H40N2O7S. The first kappa shape index (κ1) is 29.6. The Balaban J connectivity index is 3.78. The lowest BCUT2D eigenvalue weighted by Crippen LogP contribution is -2.31. The fraction of sp³-hybridized carbons (Fsp3) is 0.857. The van der Waals surface area contributed by atoms with Crippen molar-refractivity contribution in [2.24, 2.45) is 0 Å². The Morgan fingerprint density at radius 3 is 2.16 bits per heavy atom. The van der Waals surface area contributed by atoms with Gasteiger partial charge in [-0.1, -0.05) is 20.8 Å². The third-order valence-electron chi connectivity index (χ3n) is 4.39. The predicted octanol–water partition coefficient (Wildman–Crippen LogP) is 1.57. The molecule has 0 heterocycles. The molecule has 31 heavy (non-hydrogen) atoms. The number of esters is 1. The smallest absolute Gasteiger partial charge is 0.305 e. The average molecular weight is 465 g/mol. The summed E-state index contributed by atoms with van der Waals surface area (Å²) < 4.78 is 15.5. The number of hydrogen-bond donors (Lipinski definition) is 4. The Morgan fingerprint density at radius 1 is 1.03 bits per heavy atom. The van der Waals surface area contributed by atoms with Gasteiger partial charge in [0.2, 0.25) is 11.8 Å². The summed E-state index contributed by atoms with van der Waals surface area (Å²) >= 11 is 4.39. The van der Waals surface area contributed by atoms with E-state index in [0.717, 1.165) is 0 Å². The van der Waals surface area contributed by atoms with E-state index in [-0.39, 0.29) is 48.7 Å². The van der Waals surface area contributed by atoms with Gasteiger partial charge >= 0.3 is 5.97 Å². The van der Waals surface area contributed by atoms with Crippen LogP contribution in [0.25, 0.3) is 0 Å². The van der Waals surface area contributed by atoms with Crippen LogP contribution >= 0.6 is 12.6 Å². The maximum absolute atomic E-state index is 11.8. The van der Waals surface area contributed by atoms with Gasteiger partial charge in [0.1, 0.15) is 6.61 Å². The van der Waals surface area contributed by atoms with Gasteiger partial charge in [-0.3, -0.25) is 14.4 Å². The number of thiol groups is 1. The third kappa shape index (κ3) is 18.0. The largest absolute Gasteiger partial charge is 0.460 e. The molecule has 182 valence electrons. The van der Waals surface area contributed by atoms with Gasteiger partial charge in [0.25, 0.3) is 0 Å². The lowest BCUT2D eigenvalue weighted by molar-refractivity contribution is -0.194. The molecule has 0 aliphatic carbocycles. The zero-order valence-electron chi connectivity index (χ0n) is 19.3. The molecule has 0 radical (unpaired) electrons. The van der Waals surface area contributed by atoms with Crippen molar-refractivity contribution >= 4 is 30.4 Å². The molecule has 0 saturated carbocycles. The summed E-state index contributed by atoms with van der Waals surface area (Å²) in [6.07, 6.45) is 1.95. The van der Waals surface area contributed by atoms with E-state index >= 15 is 0 Å². The second-order valence-corrected chi connectivity index (χ2v) is 9.13.